The first kappa shape index (κ1) is 20.1. The lowest BCUT2D eigenvalue weighted by molar-refractivity contribution is -0.384. The average molecular weight is 390 g/mol. The second-order valence-electron chi connectivity index (χ2n) is 5.10. The Kier molecular flexibility index (Phi) is 6.67. The number of carbonyl (C=O) groups excluding carboxylic acids is 1. The number of nitro benzene ring substituents is 1. The smallest absolute Gasteiger partial charge is 0.269 e. The van der Waals surface area contributed by atoms with Crippen LogP contribution in [0.2, 0.25) is 0 Å². The van der Waals surface area contributed by atoms with Crippen LogP contribution in [0, 0.1) is 10.1 Å². The highest BCUT2D eigenvalue weighted by molar-refractivity contribution is 8.04. The van der Waals surface area contributed by atoms with Crippen molar-refractivity contribution in [1.29, 1.82) is 0 Å². The van der Waals surface area contributed by atoms with Crippen molar-refractivity contribution in [2.24, 2.45) is 0 Å². The van der Waals surface area contributed by atoms with Crippen molar-refractivity contribution >= 4 is 29.5 Å². The number of ether oxygens (including phenoxy) is 3. The number of rotatable bonds is 8. The van der Waals surface area contributed by atoms with E-state index in [9.17, 15) is 20.0 Å². The molecule has 2 aromatic rings. The molecule has 0 N–H and O–H groups in total. The fraction of sp³-hybridized carbons (Fsp3) is 0.167. The van der Waals surface area contributed by atoms with Gasteiger partial charge in [0.05, 0.1) is 32.2 Å². The lowest BCUT2D eigenvalue weighted by atomic mass is 10.1. The minimum Gasteiger partial charge on any atom is -0.544 e. The molecule has 0 aromatic heterocycles. The standard InChI is InChI=1S/C18H17NO7S/c1-24-14-10-16(26-3)15(25-2)8-11(14)9-17(18(20)21)27-13-6-4-12(5-7-13)19(22)23/h4-10H,1-3H3,(H,20,21)/p-1/b17-9+. The van der Waals surface area contributed by atoms with Crippen LogP contribution in [0.5, 0.6) is 17.2 Å². The number of nitrogens with zero attached hydrogens (tertiary/aromatic N) is 1. The van der Waals surface area contributed by atoms with E-state index in [0.29, 0.717) is 27.7 Å². The molecule has 8 nitrogen and oxygen atoms in total. The molecular weight excluding hydrogens is 374 g/mol. The Morgan fingerprint density at radius 3 is 2.04 bits per heavy atom. The molecule has 0 bridgehead atoms. The predicted octanol–water partition coefficient (Wildman–Crippen LogP) is 2.50. The molecule has 2 aromatic carbocycles. The first-order chi connectivity index (χ1) is 12.9. The molecule has 0 spiro atoms. The molecule has 0 aliphatic heterocycles. The van der Waals surface area contributed by atoms with E-state index < -0.39 is 10.9 Å². The van der Waals surface area contributed by atoms with Crippen molar-refractivity contribution in [1.82, 2.24) is 0 Å². The Morgan fingerprint density at radius 2 is 1.56 bits per heavy atom. The number of hydrogen-bond acceptors (Lipinski definition) is 8. The molecule has 0 aliphatic carbocycles. The van der Waals surface area contributed by atoms with Crippen molar-refractivity contribution in [3.63, 3.8) is 0 Å². The number of nitro groups is 1. The van der Waals surface area contributed by atoms with Gasteiger partial charge in [0, 0.05) is 33.6 Å². The number of carboxylic acids is 1. The van der Waals surface area contributed by atoms with Gasteiger partial charge >= 0.3 is 0 Å². The molecule has 0 saturated carbocycles. The number of carbonyl (C=O) groups is 1. The first-order valence-corrected chi connectivity index (χ1v) is 8.36. The number of thioether (sulfide) groups is 1. The van der Waals surface area contributed by atoms with E-state index in [0.717, 1.165) is 11.8 Å². The molecule has 0 amide bonds. The summed E-state index contributed by atoms with van der Waals surface area (Å²) in [6.07, 6.45) is 1.38. The van der Waals surface area contributed by atoms with Gasteiger partial charge in [-0.25, -0.2) is 0 Å². The van der Waals surface area contributed by atoms with E-state index in [4.69, 9.17) is 14.2 Å². The van der Waals surface area contributed by atoms with Gasteiger partial charge < -0.3 is 24.1 Å². The number of benzene rings is 2. The van der Waals surface area contributed by atoms with Crippen molar-refractivity contribution in [3.05, 3.63) is 57.0 Å². The number of non-ortho nitro benzene ring substituents is 1. The lowest BCUT2D eigenvalue weighted by Crippen LogP contribution is -2.23. The average Bonchev–Trinajstić information content (AvgIpc) is 2.67. The summed E-state index contributed by atoms with van der Waals surface area (Å²) in [4.78, 5) is 22.1. The van der Waals surface area contributed by atoms with Crippen LogP contribution >= 0.6 is 11.8 Å². The van der Waals surface area contributed by atoms with Crippen molar-refractivity contribution in [3.8, 4) is 17.2 Å². The molecule has 0 unspecified atom stereocenters. The van der Waals surface area contributed by atoms with E-state index in [2.05, 4.69) is 0 Å². The summed E-state index contributed by atoms with van der Waals surface area (Å²) in [5.74, 6) is -0.169. The highest BCUT2D eigenvalue weighted by Crippen LogP contribution is 2.37. The Morgan fingerprint density at radius 1 is 1.00 bits per heavy atom. The summed E-state index contributed by atoms with van der Waals surface area (Å²) in [6, 6.07) is 8.68. The van der Waals surface area contributed by atoms with Gasteiger partial charge in [-0.15, -0.1) is 0 Å². The third-order valence-corrected chi connectivity index (χ3v) is 4.51. The van der Waals surface area contributed by atoms with E-state index in [1.807, 2.05) is 0 Å². The van der Waals surface area contributed by atoms with Gasteiger partial charge in [-0.2, -0.15) is 0 Å². The molecule has 27 heavy (non-hydrogen) atoms. The number of carboxylic acid groups (broad SMARTS) is 1. The molecule has 0 heterocycles. The zero-order chi connectivity index (χ0) is 20.0. The second-order valence-corrected chi connectivity index (χ2v) is 6.21. The van der Waals surface area contributed by atoms with Crippen LogP contribution in [0.1, 0.15) is 5.56 Å². The lowest BCUT2D eigenvalue weighted by Gasteiger charge is -2.14. The monoisotopic (exact) mass is 390 g/mol. The summed E-state index contributed by atoms with van der Waals surface area (Å²) >= 11 is 0.904. The highest BCUT2D eigenvalue weighted by Gasteiger charge is 2.13. The number of aliphatic carboxylic acids is 1. The summed E-state index contributed by atoms with van der Waals surface area (Å²) in [7, 11) is 4.38. The Labute approximate surface area is 159 Å². The van der Waals surface area contributed by atoms with Gasteiger partial charge in [0.15, 0.2) is 11.5 Å². The van der Waals surface area contributed by atoms with Gasteiger partial charge in [-0.1, -0.05) is 11.8 Å². The Balaban J connectivity index is 2.42. The predicted molar refractivity (Wildman–Crippen MR) is 98.0 cm³/mol. The molecular formula is C18H16NO7S-. The third-order valence-electron chi connectivity index (χ3n) is 3.50. The SMILES string of the molecule is COc1cc(OC)c(OC)cc1/C=C(/Sc1ccc([N+](=O)[O-])cc1)C(=O)[O-]. The van der Waals surface area contributed by atoms with Gasteiger partial charge in [0.1, 0.15) is 5.75 Å². The quantitative estimate of drug-likeness (QED) is 0.293. The van der Waals surface area contributed by atoms with E-state index in [-0.39, 0.29) is 10.6 Å². The minimum absolute atomic E-state index is 0.0834. The Bertz CT molecular complexity index is 878. The van der Waals surface area contributed by atoms with Crippen LogP contribution < -0.4 is 19.3 Å². The van der Waals surface area contributed by atoms with Crippen molar-refractivity contribution < 1.29 is 29.0 Å². The maximum absolute atomic E-state index is 11.6. The molecule has 9 heteroatoms. The van der Waals surface area contributed by atoms with Crippen LogP contribution in [0.3, 0.4) is 0 Å². The van der Waals surface area contributed by atoms with E-state index in [1.54, 1.807) is 12.1 Å². The summed E-state index contributed by atoms with van der Waals surface area (Å²) < 4.78 is 15.7. The van der Waals surface area contributed by atoms with Gasteiger partial charge in [0.2, 0.25) is 0 Å². The fourth-order valence-corrected chi connectivity index (χ4v) is 3.00. The molecule has 2 rings (SSSR count). The first-order valence-electron chi connectivity index (χ1n) is 7.55. The molecule has 0 atom stereocenters. The van der Waals surface area contributed by atoms with Gasteiger partial charge in [-0.3, -0.25) is 10.1 Å². The van der Waals surface area contributed by atoms with Crippen LogP contribution in [0.15, 0.2) is 46.2 Å². The summed E-state index contributed by atoms with van der Waals surface area (Å²) in [5, 5.41) is 22.3. The van der Waals surface area contributed by atoms with Crippen molar-refractivity contribution in [2.75, 3.05) is 21.3 Å². The topological polar surface area (TPSA) is 111 Å². The summed E-state index contributed by atoms with van der Waals surface area (Å²) in [6.45, 7) is 0. The van der Waals surface area contributed by atoms with Crippen LogP contribution in [0.25, 0.3) is 6.08 Å². The Hall–Kier alpha value is -3.20. The van der Waals surface area contributed by atoms with E-state index >= 15 is 0 Å². The normalized spacial score (nSPS) is 11.0. The molecule has 0 saturated heterocycles. The third kappa shape index (κ3) is 4.91. The fourth-order valence-electron chi connectivity index (χ4n) is 2.20. The highest BCUT2D eigenvalue weighted by atomic mass is 32.2. The molecule has 142 valence electrons. The zero-order valence-electron chi connectivity index (χ0n) is 14.8. The number of methoxy groups -OCH3 is 3. The number of hydrogen-bond donors (Lipinski definition) is 0. The van der Waals surface area contributed by atoms with Crippen molar-refractivity contribution in [2.45, 2.75) is 4.90 Å². The molecule has 0 radical (unpaired) electrons. The van der Waals surface area contributed by atoms with Crippen LogP contribution in [-0.2, 0) is 4.79 Å². The van der Waals surface area contributed by atoms with Gasteiger partial charge in [-0.05, 0) is 24.3 Å². The van der Waals surface area contributed by atoms with Crippen LogP contribution in [0.4, 0.5) is 5.69 Å². The van der Waals surface area contributed by atoms with Crippen LogP contribution in [-0.4, -0.2) is 32.2 Å². The molecule has 0 aliphatic rings. The summed E-state index contributed by atoms with van der Waals surface area (Å²) in [5.41, 5.74) is 0.364. The minimum atomic E-state index is -1.39. The second kappa shape index (κ2) is 8.95. The largest absolute Gasteiger partial charge is 0.544 e. The maximum atomic E-state index is 11.6. The molecule has 0 fully saturated rings. The van der Waals surface area contributed by atoms with E-state index in [1.165, 1.54) is 51.7 Å². The van der Waals surface area contributed by atoms with Gasteiger partial charge in [0.25, 0.3) is 5.69 Å². The zero-order valence-corrected chi connectivity index (χ0v) is 15.6. The maximum Gasteiger partial charge on any atom is 0.269 e.